The van der Waals surface area contributed by atoms with Gasteiger partial charge in [0.1, 0.15) is 18.3 Å². The SMILES string of the molecule is C=C[C@H]1O[C@@H]2OCO[C@@H]2[C@H]1OCc1ccsc1. The zero-order chi connectivity index (χ0) is 11.7. The van der Waals surface area contributed by atoms with Crippen LogP contribution in [0.4, 0.5) is 0 Å². The third kappa shape index (κ3) is 2.17. The first kappa shape index (κ1) is 11.4. The van der Waals surface area contributed by atoms with Crippen LogP contribution in [0.15, 0.2) is 29.5 Å². The van der Waals surface area contributed by atoms with E-state index in [1.165, 1.54) is 5.56 Å². The third-order valence-corrected chi connectivity index (χ3v) is 3.69. The maximum absolute atomic E-state index is 5.87. The van der Waals surface area contributed by atoms with Crippen molar-refractivity contribution >= 4 is 11.3 Å². The summed E-state index contributed by atoms with van der Waals surface area (Å²) in [6, 6.07) is 2.05. The molecule has 0 spiro atoms. The molecule has 0 aromatic carbocycles. The minimum atomic E-state index is -0.314. The van der Waals surface area contributed by atoms with Gasteiger partial charge in [0.25, 0.3) is 0 Å². The van der Waals surface area contributed by atoms with Crippen molar-refractivity contribution in [2.75, 3.05) is 6.79 Å². The molecule has 5 heteroatoms. The molecule has 4 nitrogen and oxygen atoms in total. The highest BCUT2D eigenvalue weighted by atomic mass is 32.1. The molecule has 3 heterocycles. The normalized spacial score (nSPS) is 36.0. The number of thiophene rings is 1. The molecule has 0 N–H and O–H groups in total. The van der Waals surface area contributed by atoms with Crippen molar-refractivity contribution in [3.63, 3.8) is 0 Å². The average Bonchev–Trinajstić information content (AvgIpc) is 3.03. The Balaban J connectivity index is 1.65. The zero-order valence-corrected chi connectivity index (χ0v) is 10.1. The Kier molecular flexibility index (Phi) is 3.26. The van der Waals surface area contributed by atoms with Gasteiger partial charge in [-0.1, -0.05) is 6.08 Å². The van der Waals surface area contributed by atoms with Crippen LogP contribution in [0, 0.1) is 0 Å². The van der Waals surface area contributed by atoms with Gasteiger partial charge < -0.3 is 18.9 Å². The number of fused-ring (bicyclic) bond motifs is 1. The zero-order valence-electron chi connectivity index (χ0n) is 9.28. The summed E-state index contributed by atoms with van der Waals surface area (Å²) in [6.07, 6.45) is 0.981. The average molecular weight is 254 g/mol. The lowest BCUT2D eigenvalue weighted by Gasteiger charge is -2.19. The highest BCUT2D eigenvalue weighted by Crippen LogP contribution is 2.32. The Hall–Kier alpha value is -0.720. The van der Waals surface area contributed by atoms with Crippen LogP contribution in [0.2, 0.25) is 0 Å². The summed E-state index contributed by atoms with van der Waals surface area (Å²) in [7, 11) is 0. The Morgan fingerprint density at radius 1 is 1.53 bits per heavy atom. The number of hydrogen-bond donors (Lipinski definition) is 0. The summed E-state index contributed by atoms with van der Waals surface area (Å²) in [5.74, 6) is 0. The van der Waals surface area contributed by atoms with E-state index < -0.39 is 0 Å². The van der Waals surface area contributed by atoms with Crippen molar-refractivity contribution in [3.8, 4) is 0 Å². The van der Waals surface area contributed by atoms with E-state index in [0.29, 0.717) is 6.61 Å². The van der Waals surface area contributed by atoms with Gasteiger partial charge >= 0.3 is 0 Å². The van der Waals surface area contributed by atoms with Crippen LogP contribution >= 0.6 is 11.3 Å². The largest absolute Gasteiger partial charge is 0.368 e. The predicted octanol–water partition coefficient (Wildman–Crippen LogP) is 1.92. The minimum Gasteiger partial charge on any atom is -0.368 e. The molecule has 0 saturated carbocycles. The van der Waals surface area contributed by atoms with Gasteiger partial charge in [-0.3, -0.25) is 0 Å². The summed E-state index contributed by atoms with van der Waals surface area (Å²) in [6.45, 7) is 4.59. The van der Waals surface area contributed by atoms with E-state index >= 15 is 0 Å². The first-order valence-electron chi connectivity index (χ1n) is 5.52. The van der Waals surface area contributed by atoms with Gasteiger partial charge in [0, 0.05) is 0 Å². The molecule has 4 atom stereocenters. The molecule has 0 bridgehead atoms. The Morgan fingerprint density at radius 2 is 2.47 bits per heavy atom. The van der Waals surface area contributed by atoms with Crippen LogP contribution in [0.5, 0.6) is 0 Å². The van der Waals surface area contributed by atoms with Gasteiger partial charge in [-0.05, 0) is 22.4 Å². The molecule has 2 saturated heterocycles. The minimum absolute atomic E-state index is 0.139. The molecule has 0 unspecified atom stereocenters. The lowest BCUT2D eigenvalue weighted by atomic mass is 10.1. The molecule has 2 aliphatic rings. The molecule has 1 aromatic rings. The Labute approximate surface area is 104 Å². The van der Waals surface area contributed by atoms with Gasteiger partial charge in [-0.2, -0.15) is 11.3 Å². The summed E-state index contributed by atoms with van der Waals surface area (Å²) >= 11 is 1.66. The second-order valence-corrected chi connectivity index (χ2v) is 4.81. The van der Waals surface area contributed by atoms with Gasteiger partial charge in [0.05, 0.1) is 6.61 Å². The van der Waals surface area contributed by atoms with Crippen LogP contribution in [-0.2, 0) is 25.6 Å². The quantitative estimate of drug-likeness (QED) is 0.769. The number of ether oxygens (including phenoxy) is 4. The fourth-order valence-corrected chi connectivity index (χ4v) is 2.74. The van der Waals surface area contributed by atoms with Crippen molar-refractivity contribution in [2.24, 2.45) is 0 Å². The molecule has 92 valence electrons. The first-order valence-corrected chi connectivity index (χ1v) is 6.46. The Morgan fingerprint density at radius 3 is 3.24 bits per heavy atom. The molecule has 2 aliphatic heterocycles. The van der Waals surface area contributed by atoms with Crippen LogP contribution in [0.3, 0.4) is 0 Å². The molecule has 2 fully saturated rings. The van der Waals surface area contributed by atoms with Gasteiger partial charge in [0.15, 0.2) is 13.1 Å². The van der Waals surface area contributed by atoms with Crippen molar-refractivity contribution in [3.05, 3.63) is 35.0 Å². The predicted molar refractivity (Wildman–Crippen MR) is 62.6 cm³/mol. The fraction of sp³-hybridized carbons (Fsp3) is 0.500. The summed E-state index contributed by atoms with van der Waals surface area (Å²) in [5.41, 5.74) is 1.17. The molecule has 3 rings (SSSR count). The maximum atomic E-state index is 5.87. The monoisotopic (exact) mass is 254 g/mol. The van der Waals surface area contributed by atoms with E-state index in [1.807, 2.05) is 11.4 Å². The first-order chi connectivity index (χ1) is 8.38. The van der Waals surface area contributed by atoms with E-state index in [4.69, 9.17) is 18.9 Å². The Bertz CT molecular complexity index is 378. The molecule has 17 heavy (non-hydrogen) atoms. The second-order valence-electron chi connectivity index (χ2n) is 4.03. The van der Waals surface area contributed by atoms with E-state index in [0.717, 1.165) is 0 Å². The maximum Gasteiger partial charge on any atom is 0.190 e. The highest BCUT2D eigenvalue weighted by Gasteiger charge is 2.48. The van der Waals surface area contributed by atoms with Gasteiger partial charge in [-0.15, -0.1) is 6.58 Å². The van der Waals surface area contributed by atoms with E-state index in [9.17, 15) is 0 Å². The highest BCUT2D eigenvalue weighted by molar-refractivity contribution is 7.07. The topological polar surface area (TPSA) is 36.9 Å². The molecular weight excluding hydrogens is 240 g/mol. The van der Waals surface area contributed by atoms with E-state index in [2.05, 4.69) is 12.0 Å². The van der Waals surface area contributed by atoms with Crippen molar-refractivity contribution in [1.82, 2.24) is 0 Å². The van der Waals surface area contributed by atoms with Gasteiger partial charge in [-0.25, -0.2) is 0 Å². The second kappa shape index (κ2) is 4.88. The van der Waals surface area contributed by atoms with Crippen LogP contribution < -0.4 is 0 Å². The summed E-state index contributed by atoms with van der Waals surface area (Å²) in [5, 5.41) is 4.11. The standard InChI is InChI=1S/C12H14O4S/c1-2-9-10(11-12(16-9)15-7-14-11)13-5-8-3-4-17-6-8/h2-4,6,9-12H,1,5,7H2/t9-,10+,11-,12+/m1/s1. The molecular formula is C12H14O4S. The molecule has 0 radical (unpaired) electrons. The fourth-order valence-electron chi connectivity index (χ4n) is 2.09. The smallest absolute Gasteiger partial charge is 0.190 e. The van der Waals surface area contributed by atoms with Crippen LogP contribution in [0.1, 0.15) is 5.56 Å². The van der Waals surface area contributed by atoms with Crippen molar-refractivity contribution < 1.29 is 18.9 Å². The molecule has 0 amide bonds. The van der Waals surface area contributed by atoms with E-state index in [-0.39, 0.29) is 31.4 Å². The van der Waals surface area contributed by atoms with Crippen molar-refractivity contribution in [2.45, 2.75) is 31.2 Å². The number of hydrogen-bond acceptors (Lipinski definition) is 5. The van der Waals surface area contributed by atoms with Crippen LogP contribution in [0.25, 0.3) is 0 Å². The van der Waals surface area contributed by atoms with E-state index in [1.54, 1.807) is 17.4 Å². The van der Waals surface area contributed by atoms with Crippen LogP contribution in [-0.4, -0.2) is 31.4 Å². The number of rotatable bonds is 4. The lowest BCUT2D eigenvalue weighted by molar-refractivity contribution is -0.121. The third-order valence-electron chi connectivity index (χ3n) is 2.95. The lowest BCUT2D eigenvalue weighted by Crippen LogP contribution is -2.33. The van der Waals surface area contributed by atoms with Gasteiger partial charge in [0.2, 0.25) is 0 Å². The summed E-state index contributed by atoms with van der Waals surface area (Å²) < 4.78 is 22.3. The van der Waals surface area contributed by atoms with Crippen molar-refractivity contribution in [1.29, 1.82) is 0 Å². The molecule has 0 aliphatic carbocycles. The molecule has 1 aromatic heterocycles. The summed E-state index contributed by atoms with van der Waals surface area (Å²) in [4.78, 5) is 0.